The van der Waals surface area contributed by atoms with E-state index >= 15 is 0 Å². The van der Waals surface area contributed by atoms with Crippen molar-refractivity contribution in [2.24, 2.45) is 0 Å². The van der Waals surface area contributed by atoms with Crippen LogP contribution >= 0.6 is 27.9 Å². The van der Waals surface area contributed by atoms with Crippen molar-refractivity contribution in [1.29, 1.82) is 0 Å². The topological polar surface area (TPSA) is 4.93 Å². The van der Waals surface area contributed by atoms with Gasteiger partial charge in [-0.15, -0.1) is 0 Å². The molecule has 0 aliphatic carbocycles. The van der Waals surface area contributed by atoms with Gasteiger partial charge in [-0.25, -0.2) is 0 Å². The van der Waals surface area contributed by atoms with Crippen molar-refractivity contribution in [3.8, 4) is 0 Å². The Labute approximate surface area is 113 Å². The lowest BCUT2D eigenvalue weighted by Gasteiger charge is -2.05. The lowest BCUT2D eigenvalue weighted by molar-refractivity contribution is 1.27. The molecule has 0 bridgehead atoms. The third-order valence-corrected chi connectivity index (χ3v) is 4.44. The molecule has 2 aromatic carbocycles. The molecule has 0 aliphatic rings. The van der Waals surface area contributed by atoms with E-state index in [1.54, 1.807) is 11.9 Å². The fraction of sp³-hybridized carbons (Fsp3) is 0. The van der Waals surface area contributed by atoms with E-state index in [4.69, 9.17) is 0 Å². The zero-order valence-electron chi connectivity index (χ0n) is 9.01. The molecule has 1 nitrogen and oxygen atoms in total. The largest absolute Gasteiger partial charge is 0.273 e. The lowest BCUT2D eigenvalue weighted by Crippen LogP contribution is -1.85. The van der Waals surface area contributed by atoms with Crippen LogP contribution in [0.25, 0.3) is 10.9 Å². The van der Waals surface area contributed by atoms with Crippen molar-refractivity contribution in [1.82, 2.24) is 3.97 Å². The van der Waals surface area contributed by atoms with E-state index in [9.17, 15) is 0 Å². The van der Waals surface area contributed by atoms with Gasteiger partial charge in [0.05, 0.1) is 10.1 Å². The molecule has 3 rings (SSSR count). The maximum absolute atomic E-state index is 3.61. The van der Waals surface area contributed by atoms with Crippen LogP contribution in [0.15, 0.2) is 70.2 Å². The van der Waals surface area contributed by atoms with Gasteiger partial charge in [-0.2, -0.15) is 0 Å². The van der Waals surface area contributed by atoms with Crippen LogP contribution in [0.5, 0.6) is 0 Å². The van der Waals surface area contributed by atoms with E-state index in [2.05, 4.69) is 74.5 Å². The Morgan fingerprint density at radius 3 is 2.41 bits per heavy atom. The van der Waals surface area contributed by atoms with Gasteiger partial charge < -0.3 is 0 Å². The summed E-state index contributed by atoms with van der Waals surface area (Å²) in [7, 11) is 0. The third kappa shape index (κ3) is 2.13. The molecule has 0 aliphatic heterocycles. The average molecular weight is 304 g/mol. The predicted molar refractivity (Wildman–Crippen MR) is 77.3 cm³/mol. The molecule has 0 N–H and O–H groups in total. The Morgan fingerprint density at radius 2 is 1.59 bits per heavy atom. The number of fused-ring (bicyclic) bond motifs is 1. The number of halogens is 1. The standard InChI is InChI=1S/C14H10BrNS/c15-14-10-11-6-4-5-9-13(11)16(14)17-12-7-2-1-3-8-12/h1-10H. The number of benzene rings is 2. The van der Waals surface area contributed by atoms with Gasteiger partial charge >= 0.3 is 0 Å². The maximum atomic E-state index is 3.61. The van der Waals surface area contributed by atoms with E-state index in [-0.39, 0.29) is 0 Å². The quantitative estimate of drug-likeness (QED) is 0.648. The highest BCUT2D eigenvalue weighted by molar-refractivity contribution is 9.10. The molecule has 17 heavy (non-hydrogen) atoms. The second-order valence-electron chi connectivity index (χ2n) is 3.72. The first-order chi connectivity index (χ1) is 8.34. The molecule has 0 radical (unpaired) electrons. The number of nitrogens with zero attached hydrogens (tertiary/aromatic N) is 1. The van der Waals surface area contributed by atoms with Gasteiger partial charge in [0.2, 0.25) is 0 Å². The van der Waals surface area contributed by atoms with Crippen LogP contribution in [0.4, 0.5) is 0 Å². The smallest absolute Gasteiger partial charge is 0.0965 e. The fourth-order valence-corrected chi connectivity index (χ4v) is 3.33. The molecule has 3 heteroatoms. The van der Waals surface area contributed by atoms with E-state index in [0.29, 0.717) is 0 Å². The molecule has 0 spiro atoms. The third-order valence-electron chi connectivity index (χ3n) is 2.56. The van der Waals surface area contributed by atoms with Gasteiger partial charge in [-0.05, 0) is 52.1 Å². The first kappa shape index (κ1) is 10.9. The minimum absolute atomic E-state index is 1.09. The summed E-state index contributed by atoms with van der Waals surface area (Å²) in [6.07, 6.45) is 0. The number of hydrogen-bond acceptors (Lipinski definition) is 1. The molecule has 0 amide bonds. The molecule has 1 heterocycles. The highest BCUT2D eigenvalue weighted by Gasteiger charge is 2.07. The molecular formula is C14H10BrNS. The minimum Gasteiger partial charge on any atom is -0.273 e. The number of rotatable bonds is 2. The Morgan fingerprint density at radius 1 is 0.882 bits per heavy atom. The second kappa shape index (κ2) is 4.59. The van der Waals surface area contributed by atoms with E-state index in [1.165, 1.54) is 15.8 Å². The van der Waals surface area contributed by atoms with Crippen molar-refractivity contribution < 1.29 is 0 Å². The fourth-order valence-electron chi connectivity index (χ4n) is 1.78. The van der Waals surface area contributed by atoms with Gasteiger partial charge in [-0.1, -0.05) is 36.4 Å². The first-order valence-corrected chi connectivity index (χ1v) is 6.90. The summed E-state index contributed by atoms with van der Waals surface area (Å²) in [5.41, 5.74) is 1.23. The maximum Gasteiger partial charge on any atom is 0.0965 e. The summed E-state index contributed by atoms with van der Waals surface area (Å²) >= 11 is 5.33. The Kier molecular flexibility index (Phi) is 2.95. The number of aromatic nitrogens is 1. The molecule has 0 saturated carbocycles. The van der Waals surface area contributed by atoms with Gasteiger partial charge in [0.15, 0.2) is 0 Å². The Hall–Kier alpha value is -1.19. The van der Waals surface area contributed by atoms with Crippen molar-refractivity contribution in [3.63, 3.8) is 0 Å². The normalized spacial score (nSPS) is 10.9. The SMILES string of the molecule is Brc1cc2ccccc2n1Sc1ccccc1. The minimum atomic E-state index is 1.09. The predicted octanol–water partition coefficient (Wildman–Crippen LogP) is 4.96. The molecule has 0 atom stereocenters. The highest BCUT2D eigenvalue weighted by Crippen LogP contribution is 2.32. The van der Waals surface area contributed by atoms with Crippen molar-refractivity contribution in [3.05, 3.63) is 65.3 Å². The summed E-state index contributed by atoms with van der Waals surface area (Å²) in [6.45, 7) is 0. The van der Waals surface area contributed by atoms with Crippen LogP contribution in [0, 0.1) is 0 Å². The molecule has 0 unspecified atom stereocenters. The van der Waals surface area contributed by atoms with Crippen molar-refractivity contribution in [2.45, 2.75) is 4.90 Å². The van der Waals surface area contributed by atoms with Crippen LogP contribution in [0.1, 0.15) is 0 Å². The molecule has 0 fully saturated rings. The molecule has 84 valence electrons. The van der Waals surface area contributed by atoms with E-state index in [1.807, 2.05) is 6.07 Å². The lowest BCUT2D eigenvalue weighted by atomic mass is 10.3. The first-order valence-electron chi connectivity index (χ1n) is 5.34. The summed E-state index contributed by atoms with van der Waals surface area (Å²) < 4.78 is 3.29. The molecule has 0 saturated heterocycles. The summed E-state index contributed by atoms with van der Waals surface area (Å²) in [6, 6.07) is 20.9. The Balaban J connectivity index is 2.08. The van der Waals surface area contributed by atoms with Crippen LogP contribution in [-0.2, 0) is 0 Å². The monoisotopic (exact) mass is 303 g/mol. The van der Waals surface area contributed by atoms with Crippen LogP contribution in [0.2, 0.25) is 0 Å². The summed E-state index contributed by atoms with van der Waals surface area (Å²) in [5.74, 6) is 0. The van der Waals surface area contributed by atoms with E-state index < -0.39 is 0 Å². The molecule has 3 aromatic rings. The van der Waals surface area contributed by atoms with Gasteiger partial charge in [-0.3, -0.25) is 3.97 Å². The van der Waals surface area contributed by atoms with Crippen LogP contribution < -0.4 is 0 Å². The second-order valence-corrected chi connectivity index (χ2v) is 5.56. The van der Waals surface area contributed by atoms with Gasteiger partial charge in [0, 0.05) is 10.3 Å². The van der Waals surface area contributed by atoms with Gasteiger partial charge in [0.1, 0.15) is 0 Å². The number of hydrogen-bond donors (Lipinski definition) is 0. The summed E-state index contributed by atoms with van der Waals surface area (Å²) in [4.78, 5) is 1.23. The highest BCUT2D eigenvalue weighted by atomic mass is 79.9. The zero-order valence-corrected chi connectivity index (χ0v) is 11.4. The summed E-state index contributed by atoms with van der Waals surface area (Å²) in [5, 5.41) is 1.25. The van der Waals surface area contributed by atoms with Crippen molar-refractivity contribution in [2.75, 3.05) is 0 Å². The van der Waals surface area contributed by atoms with Crippen LogP contribution in [-0.4, -0.2) is 3.97 Å². The Bertz CT molecular complexity index is 646. The van der Waals surface area contributed by atoms with Gasteiger partial charge in [0.25, 0.3) is 0 Å². The van der Waals surface area contributed by atoms with Crippen LogP contribution in [0.3, 0.4) is 0 Å². The average Bonchev–Trinajstić information content (AvgIpc) is 2.68. The van der Waals surface area contributed by atoms with E-state index in [0.717, 1.165) is 4.60 Å². The molecule has 1 aromatic heterocycles. The number of para-hydroxylation sites is 1. The molecular weight excluding hydrogens is 294 g/mol. The van der Waals surface area contributed by atoms with Crippen molar-refractivity contribution >= 4 is 38.8 Å². The zero-order chi connectivity index (χ0) is 11.7.